The van der Waals surface area contributed by atoms with Crippen LogP contribution in [0.15, 0.2) is 22.7 Å². The summed E-state index contributed by atoms with van der Waals surface area (Å²) in [5, 5.41) is 8.84. The molecule has 3 rings (SSSR count). The number of alkyl halides is 1. The van der Waals surface area contributed by atoms with Gasteiger partial charge in [0.1, 0.15) is 5.88 Å². The second kappa shape index (κ2) is 7.18. The van der Waals surface area contributed by atoms with Gasteiger partial charge >= 0.3 is 11.8 Å². The summed E-state index contributed by atoms with van der Waals surface area (Å²) in [5.74, 6) is 0.331. The largest absolute Gasteiger partial charge is 0.454 e. The topological polar surface area (TPSA) is 116 Å². The molecule has 10 heteroatoms. The standard InChI is InChI=1S/C14H13ClN4O5/c15-6-11(20)16-3-4-17-13(21)14-18-12(19-24-14)8-1-2-9-10(5-8)23-7-22-9/h1-2,5H,3-4,6-7H2,(H,16,20)(H,17,21). The summed E-state index contributed by atoms with van der Waals surface area (Å²) in [6.07, 6.45) is 0. The highest BCUT2D eigenvalue weighted by Gasteiger charge is 2.19. The van der Waals surface area contributed by atoms with Crippen molar-refractivity contribution in [1.29, 1.82) is 0 Å². The first-order valence-electron chi connectivity index (χ1n) is 7.02. The molecule has 9 nitrogen and oxygen atoms in total. The van der Waals surface area contributed by atoms with Crippen molar-refractivity contribution in [2.45, 2.75) is 0 Å². The Morgan fingerprint density at radius 3 is 2.79 bits per heavy atom. The molecule has 126 valence electrons. The van der Waals surface area contributed by atoms with Crippen molar-refractivity contribution in [1.82, 2.24) is 20.8 Å². The molecule has 24 heavy (non-hydrogen) atoms. The van der Waals surface area contributed by atoms with Crippen molar-refractivity contribution < 1.29 is 23.6 Å². The van der Waals surface area contributed by atoms with Gasteiger partial charge in [0.25, 0.3) is 0 Å². The van der Waals surface area contributed by atoms with Gasteiger partial charge in [0, 0.05) is 18.7 Å². The summed E-state index contributed by atoms with van der Waals surface area (Å²) >= 11 is 5.34. The number of carbonyl (C=O) groups excluding carboxylic acids is 2. The summed E-state index contributed by atoms with van der Waals surface area (Å²) in [7, 11) is 0. The van der Waals surface area contributed by atoms with E-state index in [9.17, 15) is 9.59 Å². The summed E-state index contributed by atoms with van der Waals surface area (Å²) < 4.78 is 15.4. The van der Waals surface area contributed by atoms with E-state index in [1.807, 2.05) is 0 Å². The van der Waals surface area contributed by atoms with Crippen LogP contribution in [0.2, 0.25) is 0 Å². The van der Waals surface area contributed by atoms with Crippen LogP contribution in [0.5, 0.6) is 11.5 Å². The van der Waals surface area contributed by atoms with Gasteiger partial charge in [0.05, 0.1) is 0 Å². The van der Waals surface area contributed by atoms with Crippen LogP contribution in [-0.4, -0.2) is 47.7 Å². The molecule has 0 atom stereocenters. The average molecular weight is 353 g/mol. The minimum Gasteiger partial charge on any atom is -0.454 e. The third-order valence-corrected chi connectivity index (χ3v) is 3.35. The lowest BCUT2D eigenvalue weighted by atomic mass is 10.2. The van der Waals surface area contributed by atoms with E-state index >= 15 is 0 Å². The molecule has 0 radical (unpaired) electrons. The minimum absolute atomic E-state index is 0.128. The summed E-state index contributed by atoms with van der Waals surface area (Å²) in [6.45, 7) is 0.628. The van der Waals surface area contributed by atoms with Gasteiger partial charge in [0.15, 0.2) is 11.5 Å². The van der Waals surface area contributed by atoms with E-state index in [0.29, 0.717) is 17.1 Å². The van der Waals surface area contributed by atoms with E-state index in [1.165, 1.54) is 0 Å². The van der Waals surface area contributed by atoms with Gasteiger partial charge in [-0.2, -0.15) is 4.98 Å². The molecule has 0 saturated carbocycles. The number of fused-ring (bicyclic) bond motifs is 1. The Labute approximate surface area is 141 Å². The van der Waals surface area contributed by atoms with Crippen molar-refractivity contribution in [2.24, 2.45) is 0 Å². The molecule has 0 saturated heterocycles. The van der Waals surface area contributed by atoms with Gasteiger partial charge in [0.2, 0.25) is 18.5 Å². The number of halogens is 1. The Kier molecular flexibility index (Phi) is 4.80. The summed E-state index contributed by atoms with van der Waals surface area (Å²) in [4.78, 5) is 26.9. The normalized spacial score (nSPS) is 12.0. The van der Waals surface area contributed by atoms with Crippen LogP contribution < -0.4 is 20.1 Å². The maximum atomic E-state index is 11.9. The molecule has 2 amide bonds. The number of aromatic nitrogens is 2. The highest BCUT2D eigenvalue weighted by Crippen LogP contribution is 2.35. The Balaban J connectivity index is 1.59. The van der Waals surface area contributed by atoms with E-state index < -0.39 is 5.91 Å². The van der Waals surface area contributed by atoms with Crippen molar-refractivity contribution in [3.8, 4) is 22.9 Å². The van der Waals surface area contributed by atoms with Gasteiger partial charge in [-0.15, -0.1) is 11.6 Å². The first kappa shape index (κ1) is 16.1. The number of rotatable bonds is 6. The third-order valence-electron chi connectivity index (χ3n) is 3.11. The minimum atomic E-state index is -0.533. The molecule has 0 spiro atoms. The molecular formula is C14H13ClN4O5. The Morgan fingerprint density at radius 2 is 1.96 bits per heavy atom. The molecule has 0 fully saturated rings. The van der Waals surface area contributed by atoms with Crippen LogP contribution in [-0.2, 0) is 4.79 Å². The maximum absolute atomic E-state index is 11.9. The van der Waals surface area contributed by atoms with E-state index in [0.717, 1.165) is 0 Å². The number of hydrogen-bond acceptors (Lipinski definition) is 7. The molecule has 1 aliphatic heterocycles. The van der Waals surface area contributed by atoms with Crippen LogP contribution in [0.4, 0.5) is 0 Å². The molecule has 2 aromatic rings. The van der Waals surface area contributed by atoms with Crippen LogP contribution in [0.3, 0.4) is 0 Å². The first-order valence-corrected chi connectivity index (χ1v) is 7.55. The molecule has 2 N–H and O–H groups in total. The van der Waals surface area contributed by atoms with Gasteiger partial charge in [-0.05, 0) is 18.2 Å². The summed E-state index contributed by atoms with van der Waals surface area (Å²) in [5.41, 5.74) is 0.636. The quantitative estimate of drug-likeness (QED) is 0.576. The van der Waals surface area contributed by atoms with Crippen LogP contribution in [0.25, 0.3) is 11.4 Å². The van der Waals surface area contributed by atoms with Crippen LogP contribution in [0.1, 0.15) is 10.7 Å². The van der Waals surface area contributed by atoms with Crippen LogP contribution >= 0.6 is 11.6 Å². The van der Waals surface area contributed by atoms with E-state index in [2.05, 4.69) is 20.8 Å². The van der Waals surface area contributed by atoms with E-state index in [4.69, 9.17) is 25.6 Å². The third kappa shape index (κ3) is 3.57. The van der Waals surface area contributed by atoms with Crippen molar-refractivity contribution in [3.05, 3.63) is 24.1 Å². The lowest BCUT2D eigenvalue weighted by Crippen LogP contribution is -2.35. The van der Waals surface area contributed by atoms with Gasteiger partial charge in [-0.25, -0.2) is 0 Å². The average Bonchev–Trinajstić information content (AvgIpc) is 3.26. The fourth-order valence-electron chi connectivity index (χ4n) is 1.97. The lowest BCUT2D eigenvalue weighted by molar-refractivity contribution is -0.118. The van der Waals surface area contributed by atoms with Gasteiger partial charge in [-0.1, -0.05) is 5.16 Å². The number of hydrogen-bond donors (Lipinski definition) is 2. The van der Waals surface area contributed by atoms with Gasteiger partial charge < -0.3 is 24.6 Å². The summed E-state index contributed by atoms with van der Waals surface area (Å²) in [6, 6.07) is 5.17. The smallest absolute Gasteiger partial charge is 0.316 e. The fraction of sp³-hybridized carbons (Fsp3) is 0.286. The monoisotopic (exact) mass is 352 g/mol. The Bertz CT molecular complexity index is 763. The number of carbonyl (C=O) groups is 2. The number of amides is 2. The highest BCUT2D eigenvalue weighted by atomic mass is 35.5. The molecule has 2 heterocycles. The predicted octanol–water partition coefficient (Wildman–Crippen LogP) is 0.550. The van der Waals surface area contributed by atoms with E-state index in [1.54, 1.807) is 18.2 Å². The fourth-order valence-corrected chi connectivity index (χ4v) is 2.06. The molecule has 0 bridgehead atoms. The number of benzene rings is 1. The number of nitrogens with zero attached hydrogens (tertiary/aromatic N) is 2. The Hall–Kier alpha value is -2.81. The molecule has 1 aromatic carbocycles. The van der Waals surface area contributed by atoms with Gasteiger partial charge in [-0.3, -0.25) is 9.59 Å². The van der Waals surface area contributed by atoms with Crippen molar-refractivity contribution >= 4 is 23.4 Å². The molecule has 1 aliphatic rings. The maximum Gasteiger partial charge on any atom is 0.316 e. The second-order valence-electron chi connectivity index (χ2n) is 4.73. The highest BCUT2D eigenvalue weighted by molar-refractivity contribution is 6.27. The van der Waals surface area contributed by atoms with Crippen molar-refractivity contribution in [2.75, 3.05) is 25.8 Å². The zero-order valence-electron chi connectivity index (χ0n) is 12.4. The van der Waals surface area contributed by atoms with E-state index in [-0.39, 0.29) is 43.4 Å². The zero-order chi connectivity index (χ0) is 16.9. The molecular weight excluding hydrogens is 340 g/mol. The second-order valence-corrected chi connectivity index (χ2v) is 5.00. The van der Waals surface area contributed by atoms with Crippen LogP contribution in [0, 0.1) is 0 Å². The zero-order valence-corrected chi connectivity index (χ0v) is 13.1. The number of ether oxygens (including phenoxy) is 2. The number of nitrogens with one attached hydrogen (secondary N) is 2. The SMILES string of the molecule is O=C(CCl)NCCNC(=O)c1nc(-c2ccc3c(c2)OCO3)no1. The van der Waals surface area contributed by atoms with Crippen molar-refractivity contribution in [3.63, 3.8) is 0 Å². The lowest BCUT2D eigenvalue weighted by Gasteiger charge is -2.03. The molecule has 1 aromatic heterocycles. The Morgan fingerprint density at radius 1 is 1.17 bits per heavy atom. The molecule has 0 unspecified atom stereocenters. The predicted molar refractivity (Wildman–Crippen MR) is 81.9 cm³/mol. The first-order chi connectivity index (χ1) is 11.7. The molecule has 0 aliphatic carbocycles.